The Labute approximate surface area is 1140 Å². The van der Waals surface area contributed by atoms with E-state index < -0.39 is 35.3 Å². The zero-order chi connectivity index (χ0) is 103. The molecule has 12 rings (SSSR count). The molecule has 1 N–H and O–H groups in total. The van der Waals surface area contributed by atoms with Gasteiger partial charge in [-0.05, 0) is 225 Å². The van der Waals surface area contributed by atoms with Crippen molar-refractivity contribution < 1.29 is 435 Å². The summed E-state index contributed by atoms with van der Waals surface area (Å²) in [5.41, 5.74) is 23.2. The fourth-order valence-corrected chi connectivity index (χ4v) is 14.1. The summed E-state index contributed by atoms with van der Waals surface area (Å²) in [7, 11) is 4.98. The van der Waals surface area contributed by atoms with Gasteiger partial charge in [-0.3, -0.25) is 4.98 Å². The number of aromatic carboxylic acids is 5. The molecule has 0 atom stereocenters. The molecule has 0 saturated heterocycles. The number of carbonyl (C=O) groups is 6. The summed E-state index contributed by atoms with van der Waals surface area (Å²) < 4.78 is 38.7. The molecule has 1 heterocycles. The van der Waals surface area contributed by atoms with E-state index >= 15 is 0 Å². The Balaban J connectivity index is -0.000000430. The van der Waals surface area contributed by atoms with Crippen molar-refractivity contribution in [1.29, 1.82) is 0 Å². The Bertz CT molecular complexity index is 5450. The summed E-state index contributed by atoms with van der Waals surface area (Å²) in [5.74, 6) is -5.33. The third-order valence-electron chi connectivity index (χ3n) is 21.1. The van der Waals surface area contributed by atoms with Crippen LogP contribution in [0.4, 0.5) is 0 Å². The Kier molecular flexibility index (Phi) is 92.2. The second-order valence-electron chi connectivity index (χ2n) is 32.3. The van der Waals surface area contributed by atoms with Crippen LogP contribution in [0, 0.1) is 109 Å². The third-order valence-corrected chi connectivity index (χ3v) is 21.1. The molecule has 0 spiro atoms. The molecule has 0 unspecified atom stereocenters. The normalized spacial score (nSPS) is 10.1. The van der Waals surface area contributed by atoms with Crippen molar-refractivity contribution in [2.45, 2.75) is 168 Å². The number of halogens is 1. The van der Waals surface area contributed by atoms with Crippen LogP contribution in [0.1, 0.15) is 226 Å². The number of pyridine rings is 1. The van der Waals surface area contributed by atoms with E-state index in [1.54, 1.807) is 110 Å². The van der Waals surface area contributed by atoms with Gasteiger partial charge in [0.05, 0.1) is 88.3 Å². The topological polar surface area (TPSA) is 396 Å². The average molecular weight is 2410 g/mol. The average Bonchev–Trinajstić information content (AvgIpc) is 1.53. The molecule has 0 bridgehead atoms. The number of aliphatic hydroxyl groups is 1. The van der Waals surface area contributed by atoms with Crippen LogP contribution in [0.3, 0.4) is 0 Å². The van der Waals surface area contributed by atoms with Crippen molar-refractivity contribution in [3.63, 3.8) is 0 Å². The molecule has 0 amide bonds. The van der Waals surface area contributed by atoms with Gasteiger partial charge in [-0.25, -0.2) is 4.79 Å². The number of hydrogen-bond acceptors (Lipinski definition) is 26. The summed E-state index contributed by atoms with van der Waals surface area (Å²) in [5, 5.41) is 64.7. The molecule has 146 heavy (non-hydrogen) atoms. The summed E-state index contributed by atoms with van der Waals surface area (Å²) in [6.45, 7) is 34.5. The van der Waals surface area contributed by atoms with Crippen LogP contribution in [0.5, 0.6) is 11.5 Å². The number of hydroxylamine groups is 2. The van der Waals surface area contributed by atoms with Crippen LogP contribution in [0.25, 0.3) is 11.1 Å². The number of rotatable bonds is 36. The Morgan fingerprint density at radius 1 is 0.404 bits per heavy atom. The summed E-state index contributed by atoms with van der Waals surface area (Å²) in [6, 6.07) is 65.9. The van der Waals surface area contributed by atoms with E-state index in [0.29, 0.717) is 57.6 Å². The minimum Gasteiger partial charge on any atom is -1.00 e. The maximum absolute atomic E-state index is 12.7. The van der Waals surface area contributed by atoms with Gasteiger partial charge in [0.15, 0.2) is 6.79 Å². The number of unbranched alkanes of at least 4 members (excludes halogenated alkanes) is 4. The van der Waals surface area contributed by atoms with Crippen molar-refractivity contribution in [1.82, 2.24) is 10.0 Å². The fraction of sp³-hybridized carbons (Fsp3) is 0.348. The quantitative estimate of drug-likeness (QED) is 0.0125. The molecular formula is C112H129ClCs3KLiMgN2NaO24. The number of benzene rings is 10. The molecule has 1 aliphatic carbocycles. The minimum atomic E-state index is -1.33. The van der Waals surface area contributed by atoms with Crippen LogP contribution in [-0.4, -0.2) is 180 Å². The van der Waals surface area contributed by atoms with Crippen molar-refractivity contribution >= 4 is 71.2 Å². The predicted molar refractivity (Wildman–Crippen MR) is 522 cm³/mol. The SMILES string of the molecule is CC.COCCOCCOCCOc1ccc(C2(c3c[c-]c(OCOCCCCOCCO)cc3)c3cc(C)ccc3-c3ccc(C)cc32)cc1C(=O)[O-].Cc1[c-]cc(C)c(CCCCCCc2ccncc2)c1.Cc1ccc(C)c(C(=O)ON(C)C)c1.Cc1ccc(C)c(C(=O)[O-])c1.Cc1ccc(C)c(C(=O)[O-])c1.Cc1ccc(C)c(C(=O)[O-])c1.Cc1ccc(C)c(C(=O)[O-])c1.O=C=O.O=C=O.[Cl-].[Cs+].[Cs+].[Cs+].[K+].[Li+].[Mg+2].[Na+]. The third kappa shape index (κ3) is 57.4. The Hall–Kier alpha value is -3.30. The van der Waals surface area contributed by atoms with Gasteiger partial charge in [-0.2, -0.15) is 66.2 Å². The molecular weight excluding hydrogens is 2280 g/mol. The number of ether oxygens (including phenoxy) is 7. The largest absolute Gasteiger partial charge is 2.00 e. The van der Waals surface area contributed by atoms with Gasteiger partial charge in [0.2, 0.25) is 0 Å². The van der Waals surface area contributed by atoms with Gasteiger partial charge in [0.25, 0.3) is 0 Å². The molecule has 11 aromatic rings. The van der Waals surface area contributed by atoms with Crippen molar-refractivity contribution in [3.05, 3.63) is 357 Å². The van der Waals surface area contributed by atoms with Crippen LogP contribution in [0.15, 0.2) is 200 Å². The molecule has 10 aromatic carbocycles. The second kappa shape index (κ2) is 87.8. The standard InChI is InChI=1S/C42H49O10.C19H24N.C11H15NO2.4C9H10O2.C2H6.2CO2.ClH.3Cs.K.Li.Mg.Na/c1-30-6-13-35-36-14-7-31(2)27-39(36)42(38(35)26-30,32-8-11-34(12-9-32)52-29-50-18-5-4-17-47-19-16-43)33-10-15-40(37(28-33)41(44)45)51-25-24-49-23-22-48-21-20-46-3;1-16-9-10-17(2)19(15-16)8-6-4-3-5-7-18-11-13-20-14-12-18;1-8-5-6-9(2)10(7-8)11(13)14-12(3)4;4*1-6-3-4-7(2)8(5-6)9(10)11;1-2;2*2-1-3;;;;;;;;/h6-11,13-15,26-28,43H,4-5,16-25,29H2,1-3H3,(H,44,45);10-15H,3-8H2,1-2H3;5-7H,1-4H3;4*3-5H,1-2H3,(H,10,11);1-2H3;;;1H;;;;;;;/q2*-1;;;;;;;;;;5*+1;+2;+1/p-6. The zero-order valence-electron chi connectivity index (χ0n) is 89.8. The van der Waals surface area contributed by atoms with Crippen molar-refractivity contribution in [3.8, 4) is 22.6 Å². The minimum absolute atomic E-state index is 0. The van der Waals surface area contributed by atoms with Gasteiger partial charge in [0, 0.05) is 79.2 Å². The zero-order valence-corrected chi connectivity index (χ0v) is 116. The molecule has 26 nitrogen and oxygen atoms in total. The number of methoxy groups -OCH3 is 1. The van der Waals surface area contributed by atoms with E-state index in [2.05, 4.69) is 105 Å². The summed E-state index contributed by atoms with van der Waals surface area (Å²) in [4.78, 5) is 108. The number of hydrogen-bond donors (Lipinski definition) is 1. The van der Waals surface area contributed by atoms with Gasteiger partial charge in [-0.15, -0.1) is 22.8 Å². The molecule has 0 saturated carbocycles. The predicted octanol–water partition coefficient (Wildman–Crippen LogP) is -7.01. The molecule has 1 aliphatic rings. The van der Waals surface area contributed by atoms with E-state index in [1.807, 2.05) is 135 Å². The van der Waals surface area contributed by atoms with Crippen molar-refractivity contribution in [2.24, 2.45) is 0 Å². The maximum atomic E-state index is 12.7. The van der Waals surface area contributed by atoms with Gasteiger partial charge >= 0.3 is 348 Å². The van der Waals surface area contributed by atoms with Gasteiger partial charge in [-0.1, -0.05) is 195 Å². The monoisotopic (exact) mass is 2410 g/mol. The van der Waals surface area contributed by atoms with Crippen molar-refractivity contribution in [2.75, 3.05) is 94.1 Å². The first kappa shape index (κ1) is 153. The number of nitrogens with zero attached hydrogens (tertiary/aromatic N) is 2. The Morgan fingerprint density at radius 3 is 1.16 bits per heavy atom. The van der Waals surface area contributed by atoms with Crippen LogP contribution in [0.2, 0.25) is 0 Å². The molecule has 34 heteroatoms. The molecule has 0 fully saturated rings. The fourth-order valence-electron chi connectivity index (χ4n) is 14.1. The molecule has 0 radical (unpaired) electrons. The van der Waals surface area contributed by atoms with E-state index in [9.17, 15) is 54.3 Å². The van der Waals surface area contributed by atoms with Crippen LogP contribution >= 0.6 is 0 Å². The van der Waals surface area contributed by atoms with Gasteiger partial charge in [0.1, 0.15) is 12.4 Å². The first-order valence-corrected chi connectivity index (χ1v) is 45.2. The number of carbonyl (C=O) groups excluding carboxylic acids is 10. The van der Waals surface area contributed by atoms with E-state index in [4.69, 9.17) is 62.3 Å². The number of aliphatic hydroxyl groups excluding tert-OH is 1. The summed E-state index contributed by atoms with van der Waals surface area (Å²) >= 11 is 0. The van der Waals surface area contributed by atoms with Gasteiger partial charge < -0.3 is 105 Å². The number of fused-ring (bicyclic) bond motifs is 3. The molecule has 1 aromatic heterocycles. The summed E-state index contributed by atoms with van der Waals surface area (Å²) in [6.07, 6.45) is 13.5. The number of aromatic nitrogens is 1. The number of carboxylic acids is 5. The number of carboxylic acid groups (broad SMARTS) is 5. The van der Waals surface area contributed by atoms with Crippen LogP contribution < -0.4 is 354 Å². The number of aryl methyl sites for hydroxylation is 16. The molecule has 0 aliphatic heterocycles. The molecule has 746 valence electrons. The van der Waals surface area contributed by atoms with Crippen LogP contribution in [-0.2, 0) is 66.0 Å². The first-order valence-electron chi connectivity index (χ1n) is 45.2. The smallest absolute Gasteiger partial charge is 1.00 e. The maximum Gasteiger partial charge on any atom is 2.00 e. The second-order valence-corrected chi connectivity index (χ2v) is 32.3. The Morgan fingerprint density at radius 2 is 0.774 bits per heavy atom. The van der Waals surface area contributed by atoms with E-state index in [0.717, 1.165) is 113 Å². The first-order chi connectivity index (χ1) is 65.9. The van der Waals surface area contributed by atoms with E-state index in [1.165, 1.54) is 65.8 Å². The van der Waals surface area contributed by atoms with E-state index in [-0.39, 0.29) is 420 Å².